The zero-order valence-electron chi connectivity index (χ0n) is 13.2. The minimum absolute atomic E-state index is 0.195. The predicted octanol–water partition coefficient (Wildman–Crippen LogP) is 3.10. The van der Waals surface area contributed by atoms with Crippen LogP contribution in [0.4, 0.5) is 0 Å². The van der Waals surface area contributed by atoms with Gasteiger partial charge < -0.3 is 10.3 Å². The van der Waals surface area contributed by atoms with Gasteiger partial charge in [-0.1, -0.05) is 27.2 Å². The Kier molecular flexibility index (Phi) is 4.86. The zero-order valence-corrected chi connectivity index (χ0v) is 13.2. The summed E-state index contributed by atoms with van der Waals surface area (Å²) in [5, 5.41) is 3.01. The number of hydrogen-bond donors (Lipinski definition) is 2. The molecule has 0 atom stereocenters. The van der Waals surface area contributed by atoms with Crippen molar-refractivity contribution in [3.63, 3.8) is 0 Å². The molecule has 4 heteroatoms. The summed E-state index contributed by atoms with van der Waals surface area (Å²) in [4.78, 5) is 26.6. The maximum Gasteiger partial charge on any atom is 0.256 e. The van der Waals surface area contributed by atoms with Gasteiger partial charge in [-0.25, -0.2) is 0 Å². The van der Waals surface area contributed by atoms with E-state index >= 15 is 0 Å². The Balaban J connectivity index is 1.91. The minimum Gasteiger partial charge on any atom is -0.367 e. The number of carbonyl (C=O) groups is 1. The third kappa shape index (κ3) is 3.74. The van der Waals surface area contributed by atoms with Crippen molar-refractivity contribution in [3.05, 3.63) is 34.2 Å². The van der Waals surface area contributed by atoms with Gasteiger partial charge in [0.2, 0.25) is 0 Å². The van der Waals surface area contributed by atoms with E-state index in [1.165, 1.54) is 24.9 Å². The standard InChI is InChI=1S/C17H26N2O2/c1-4-17(2,3)12-5-7-13(8-6-12)19-16(21)14-11-18-10-9-15(14)20/h9-13H,4-8H2,1-3H3,(H,18,20)(H,19,21). The van der Waals surface area contributed by atoms with E-state index < -0.39 is 0 Å². The van der Waals surface area contributed by atoms with Crippen LogP contribution in [0, 0.1) is 11.3 Å². The van der Waals surface area contributed by atoms with E-state index in [2.05, 4.69) is 31.1 Å². The van der Waals surface area contributed by atoms with Gasteiger partial charge in [-0.15, -0.1) is 0 Å². The number of amides is 1. The van der Waals surface area contributed by atoms with Gasteiger partial charge in [0.05, 0.1) is 0 Å². The second kappa shape index (κ2) is 6.46. The topological polar surface area (TPSA) is 62.0 Å². The van der Waals surface area contributed by atoms with Crippen LogP contribution in [0.15, 0.2) is 23.3 Å². The molecule has 116 valence electrons. The molecule has 0 radical (unpaired) electrons. The first-order valence-electron chi connectivity index (χ1n) is 7.92. The molecular weight excluding hydrogens is 264 g/mol. The molecule has 2 rings (SSSR count). The van der Waals surface area contributed by atoms with E-state index in [1.54, 1.807) is 0 Å². The average molecular weight is 290 g/mol. The third-order valence-corrected chi connectivity index (χ3v) is 5.15. The van der Waals surface area contributed by atoms with E-state index in [-0.39, 0.29) is 22.9 Å². The number of hydrogen-bond acceptors (Lipinski definition) is 2. The van der Waals surface area contributed by atoms with Crippen LogP contribution in [0.3, 0.4) is 0 Å². The monoisotopic (exact) mass is 290 g/mol. The molecule has 1 aromatic rings. The molecule has 1 heterocycles. The Labute approximate surface area is 126 Å². The Morgan fingerprint density at radius 3 is 2.57 bits per heavy atom. The normalized spacial score (nSPS) is 22.8. The smallest absolute Gasteiger partial charge is 0.256 e. The number of aromatic nitrogens is 1. The molecule has 2 N–H and O–H groups in total. The van der Waals surface area contributed by atoms with E-state index in [0.29, 0.717) is 5.41 Å². The van der Waals surface area contributed by atoms with Crippen LogP contribution in [-0.2, 0) is 0 Å². The molecule has 0 aliphatic heterocycles. The fourth-order valence-electron chi connectivity index (χ4n) is 3.16. The van der Waals surface area contributed by atoms with Crippen LogP contribution >= 0.6 is 0 Å². The summed E-state index contributed by atoms with van der Waals surface area (Å²) < 4.78 is 0. The van der Waals surface area contributed by atoms with Gasteiger partial charge in [0.15, 0.2) is 5.43 Å². The van der Waals surface area contributed by atoms with Crippen LogP contribution in [0.5, 0.6) is 0 Å². The van der Waals surface area contributed by atoms with E-state index in [0.717, 1.165) is 31.6 Å². The van der Waals surface area contributed by atoms with Crippen LogP contribution < -0.4 is 10.7 Å². The molecule has 1 saturated carbocycles. The van der Waals surface area contributed by atoms with Crippen molar-refractivity contribution >= 4 is 5.91 Å². The lowest BCUT2D eigenvalue weighted by Crippen LogP contribution is -2.41. The van der Waals surface area contributed by atoms with Gasteiger partial charge in [0, 0.05) is 24.5 Å². The Morgan fingerprint density at radius 1 is 1.33 bits per heavy atom. The summed E-state index contributed by atoms with van der Waals surface area (Å²) in [6, 6.07) is 1.58. The Morgan fingerprint density at radius 2 is 2.00 bits per heavy atom. The molecular formula is C17H26N2O2. The lowest BCUT2D eigenvalue weighted by Gasteiger charge is -2.39. The summed E-state index contributed by atoms with van der Waals surface area (Å²) >= 11 is 0. The molecule has 0 unspecified atom stereocenters. The van der Waals surface area contributed by atoms with Crippen molar-refractivity contribution in [3.8, 4) is 0 Å². The molecule has 0 aromatic carbocycles. The highest BCUT2D eigenvalue weighted by molar-refractivity contribution is 5.93. The van der Waals surface area contributed by atoms with E-state index in [4.69, 9.17) is 0 Å². The van der Waals surface area contributed by atoms with Crippen molar-refractivity contribution in [1.82, 2.24) is 10.3 Å². The second-order valence-corrected chi connectivity index (χ2v) is 6.79. The molecule has 0 bridgehead atoms. The molecule has 1 aliphatic carbocycles. The molecule has 4 nitrogen and oxygen atoms in total. The third-order valence-electron chi connectivity index (χ3n) is 5.15. The molecule has 1 aromatic heterocycles. The van der Waals surface area contributed by atoms with E-state index in [9.17, 15) is 9.59 Å². The average Bonchev–Trinajstić information content (AvgIpc) is 2.48. The number of pyridine rings is 1. The number of carbonyl (C=O) groups excluding carboxylic acids is 1. The lowest BCUT2D eigenvalue weighted by molar-refractivity contribution is 0.0892. The van der Waals surface area contributed by atoms with Crippen molar-refractivity contribution in [2.75, 3.05) is 0 Å². The van der Waals surface area contributed by atoms with Gasteiger partial charge in [-0.2, -0.15) is 0 Å². The summed E-state index contributed by atoms with van der Waals surface area (Å²) in [5.74, 6) is 0.478. The fraction of sp³-hybridized carbons (Fsp3) is 0.647. The van der Waals surface area contributed by atoms with Gasteiger partial charge in [0.1, 0.15) is 5.56 Å². The zero-order chi connectivity index (χ0) is 15.5. The van der Waals surface area contributed by atoms with E-state index in [1.807, 2.05) is 0 Å². The quantitative estimate of drug-likeness (QED) is 0.895. The van der Waals surface area contributed by atoms with Gasteiger partial charge in [0.25, 0.3) is 5.91 Å². The summed E-state index contributed by atoms with van der Waals surface area (Å²) in [5.41, 5.74) is 0.353. The highest BCUT2D eigenvalue weighted by atomic mass is 16.2. The summed E-state index contributed by atoms with van der Waals surface area (Å²) in [6.07, 6.45) is 8.51. The highest BCUT2D eigenvalue weighted by Crippen LogP contribution is 2.40. The van der Waals surface area contributed by atoms with Crippen molar-refractivity contribution in [2.45, 2.75) is 58.9 Å². The largest absolute Gasteiger partial charge is 0.367 e. The number of aromatic amines is 1. The predicted molar refractivity (Wildman–Crippen MR) is 84.3 cm³/mol. The van der Waals surface area contributed by atoms with Crippen molar-refractivity contribution < 1.29 is 4.79 Å². The van der Waals surface area contributed by atoms with Gasteiger partial charge >= 0.3 is 0 Å². The minimum atomic E-state index is -0.255. The summed E-state index contributed by atoms with van der Waals surface area (Å²) in [6.45, 7) is 6.91. The first-order chi connectivity index (χ1) is 9.94. The fourth-order valence-corrected chi connectivity index (χ4v) is 3.16. The van der Waals surface area contributed by atoms with Crippen molar-refractivity contribution in [2.24, 2.45) is 11.3 Å². The number of rotatable bonds is 4. The Bertz CT molecular complexity index is 540. The SMILES string of the molecule is CCC(C)(C)C1CCC(NC(=O)c2c[nH]ccc2=O)CC1. The van der Waals surface area contributed by atoms with Crippen LogP contribution in [0.25, 0.3) is 0 Å². The molecule has 0 saturated heterocycles. The first-order valence-corrected chi connectivity index (χ1v) is 7.92. The van der Waals surface area contributed by atoms with Gasteiger partial charge in [-0.3, -0.25) is 9.59 Å². The number of H-pyrrole nitrogens is 1. The maximum atomic E-state index is 12.1. The van der Waals surface area contributed by atoms with Crippen LogP contribution in [-0.4, -0.2) is 16.9 Å². The van der Waals surface area contributed by atoms with Crippen LogP contribution in [0.2, 0.25) is 0 Å². The number of nitrogens with one attached hydrogen (secondary N) is 2. The van der Waals surface area contributed by atoms with Gasteiger partial charge in [-0.05, 0) is 37.0 Å². The van der Waals surface area contributed by atoms with Crippen LogP contribution in [0.1, 0.15) is 63.2 Å². The second-order valence-electron chi connectivity index (χ2n) is 6.79. The summed E-state index contributed by atoms with van der Waals surface area (Å²) in [7, 11) is 0. The van der Waals surface area contributed by atoms with Crippen molar-refractivity contribution in [1.29, 1.82) is 0 Å². The molecule has 1 amide bonds. The highest BCUT2D eigenvalue weighted by Gasteiger charge is 2.32. The maximum absolute atomic E-state index is 12.1. The lowest BCUT2D eigenvalue weighted by atomic mass is 9.69. The first kappa shape index (κ1) is 15.8. The molecule has 21 heavy (non-hydrogen) atoms. The molecule has 1 fully saturated rings. The molecule has 1 aliphatic rings. The molecule has 0 spiro atoms. The Hall–Kier alpha value is -1.58.